The van der Waals surface area contributed by atoms with Gasteiger partial charge in [0.1, 0.15) is 23.6 Å². The molecule has 0 spiro atoms. The number of allylic oxidation sites excluding steroid dienone is 1. The molecule has 1 fully saturated rings. The average molecular weight is 528 g/mol. The summed E-state index contributed by atoms with van der Waals surface area (Å²) in [7, 11) is 0. The topological polar surface area (TPSA) is 123 Å². The number of amides is 3. The summed E-state index contributed by atoms with van der Waals surface area (Å²) >= 11 is 0. The zero-order valence-corrected chi connectivity index (χ0v) is 21.1. The van der Waals surface area contributed by atoms with Crippen molar-refractivity contribution in [3.63, 3.8) is 0 Å². The van der Waals surface area contributed by atoms with Crippen molar-refractivity contribution < 1.29 is 32.7 Å². The van der Waals surface area contributed by atoms with Crippen LogP contribution >= 0.6 is 0 Å². The molecule has 3 aliphatic rings. The van der Waals surface area contributed by atoms with Gasteiger partial charge in [0.05, 0.1) is 29.4 Å². The van der Waals surface area contributed by atoms with Crippen molar-refractivity contribution >= 4 is 35.5 Å². The van der Waals surface area contributed by atoms with E-state index in [1.54, 1.807) is 36.8 Å². The molecule has 1 aliphatic carbocycles. The Labute approximate surface area is 223 Å². The summed E-state index contributed by atoms with van der Waals surface area (Å²) in [6.07, 6.45) is 7.57. The van der Waals surface area contributed by atoms with Gasteiger partial charge in [-0.05, 0) is 74.2 Å². The highest BCUT2D eigenvalue weighted by Crippen LogP contribution is 2.44. The van der Waals surface area contributed by atoms with Gasteiger partial charge >= 0.3 is 5.97 Å². The van der Waals surface area contributed by atoms with Gasteiger partial charge in [-0.25, -0.2) is 9.80 Å². The van der Waals surface area contributed by atoms with Crippen LogP contribution in [0, 0.1) is 5.92 Å². The lowest BCUT2D eigenvalue weighted by atomic mass is 9.79. The number of hydrazone groups is 1. The summed E-state index contributed by atoms with van der Waals surface area (Å²) in [5.41, 5.74) is 2.21. The molecule has 10 heteroatoms. The van der Waals surface area contributed by atoms with E-state index in [0.29, 0.717) is 11.5 Å². The van der Waals surface area contributed by atoms with Crippen molar-refractivity contribution in [3.05, 3.63) is 89.3 Å². The SMILES string of the molecule is CC(C(=O)OCC(=O)N1N=C2C(=Cc3ccco3)CCCC2C1c1ccco1)N1C(=O)c2ccccc2C1=O. The van der Waals surface area contributed by atoms with Gasteiger partial charge in [0.15, 0.2) is 6.61 Å². The summed E-state index contributed by atoms with van der Waals surface area (Å²) in [5, 5.41) is 6.00. The average Bonchev–Trinajstić information content (AvgIpc) is 3.75. The number of rotatable bonds is 6. The Kier molecular flexibility index (Phi) is 6.22. The first-order valence-electron chi connectivity index (χ1n) is 12.8. The summed E-state index contributed by atoms with van der Waals surface area (Å²) < 4.78 is 16.5. The van der Waals surface area contributed by atoms with Gasteiger partial charge in [-0.3, -0.25) is 19.3 Å². The Morgan fingerprint density at radius 1 is 1.05 bits per heavy atom. The molecule has 6 rings (SSSR count). The Morgan fingerprint density at radius 3 is 2.44 bits per heavy atom. The van der Waals surface area contributed by atoms with Crippen LogP contribution in [0.4, 0.5) is 0 Å². The molecule has 4 heterocycles. The number of hydrogen-bond acceptors (Lipinski definition) is 8. The molecule has 39 heavy (non-hydrogen) atoms. The summed E-state index contributed by atoms with van der Waals surface area (Å²) in [6, 6.07) is 11.9. The molecule has 3 aromatic rings. The lowest BCUT2D eigenvalue weighted by molar-refractivity contribution is -0.155. The van der Waals surface area contributed by atoms with Gasteiger partial charge in [0.2, 0.25) is 0 Å². The molecule has 1 saturated carbocycles. The maximum atomic E-state index is 13.4. The first-order chi connectivity index (χ1) is 18.9. The fourth-order valence-electron chi connectivity index (χ4n) is 5.47. The lowest BCUT2D eigenvalue weighted by Gasteiger charge is -2.28. The van der Waals surface area contributed by atoms with E-state index in [-0.39, 0.29) is 17.0 Å². The molecule has 0 saturated heterocycles. The Bertz CT molecular complexity index is 1470. The summed E-state index contributed by atoms with van der Waals surface area (Å²) in [4.78, 5) is 52.6. The minimum atomic E-state index is -1.21. The van der Waals surface area contributed by atoms with E-state index in [0.717, 1.165) is 35.4 Å². The molecule has 2 aromatic heterocycles. The predicted molar refractivity (Wildman–Crippen MR) is 137 cm³/mol. The van der Waals surface area contributed by atoms with E-state index in [9.17, 15) is 19.2 Å². The van der Waals surface area contributed by atoms with E-state index in [2.05, 4.69) is 5.10 Å². The third-order valence-electron chi connectivity index (χ3n) is 7.34. The molecule has 10 nitrogen and oxygen atoms in total. The second kappa shape index (κ2) is 9.86. The van der Waals surface area contributed by atoms with Crippen LogP contribution in [0.5, 0.6) is 0 Å². The molecule has 1 aromatic carbocycles. The van der Waals surface area contributed by atoms with Gasteiger partial charge in [-0.15, -0.1) is 0 Å². The molecule has 3 atom stereocenters. The Balaban J connectivity index is 1.20. The van der Waals surface area contributed by atoms with Crippen molar-refractivity contribution in [2.75, 3.05) is 6.61 Å². The first kappa shape index (κ1) is 24.6. The monoisotopic (exact) mass is 527 g/mol. The van der Waals surface area contributed by atoms with E-state index in [4.69, 9.17) is 13.6 Å². The fraction of sp³-hybridized carbons (Fsp3) is 0.276. The van der Waals surface area contributed by atoms with E-state index in [1.165, 1.54) is 24.1 Å². The van der Waals surface area contributed by atoms with Gasteiger partial charge in [-0.1, -0.05) is 12.1 Å². The van der Waals surface area contributed by atoms with Gasteiger partial charge in [-0.2, -0.15) is 5.10 Å². The normalized spacial score (nSPS) is 22.1. The van der Waals surface area contributed by atoms with Gasteiger partial charge in [0.25, 0.3) is 17.7 Å². The number of benzene rings is 1. The van der Waals surface area contributed by atoms with Crippen LogP contribution in [0.2, 0.25) is 0 Å². The molecular weight excluding hydrogens is 502 g/mol. The zero-order chi connectivity index (χ0) is 27.1. The molecular formula is C29H25N3O7. The molecule has 0 N–H and O–H groups in total. The molecule has 3 unspecified atom stereocenters. The highest BCUT2D eigenvalue weighted by Gasteiger charge is 2.46. The van der Waals surface area contributed by atoms with Crippen LogP contribution in [0.3, 0.4) is 0 Å². The number of carbonyl (C=O) groups excluding carboxylic acids is 4. The van der Waals surface area contributed by atoms with Crippen molar-refractivity contribution in [2.24, 2.45) is 11.0 Å². The van der Waals surface area contributed by atoms with Crippen LogP contribution in [-0.4, -0.2) is 52.0 Å². The highest BCUT2D eigenvalue weighted by molar-refractivity contribution is 6.22. The van der Waals surface area contributed by atoms with E-state index >= 15 is 0 Å². The fourth-order valence-corrected chi connectivity index (χ4v) is 5.47. The number of carbonyl (C=O) groups is 4. The van der Waals surface area contributed by atoms with Crippen LogP contribution in [0.25, 0.3) is 6.08 Å². The number of imide groups is 1. The minimum Gasteiger partial charge on any atom is -0.467 e. The standard InChI is InChI=1S/C29H25N3O7/c1-17(31-27(34)20-9-2-3-10-21(20)28(31)35)29(36)39-16-24(33)32-26(23-12-6-14-38-23)22-11-4-7-18(25(22)30-32)15-19-8-5-13-37-19/h2-3,5-6,8-10,12-15,17,22,26H,4,7,11,16H2,1H3. The smallest absolute Gasteiger partial charge is 0.329 e. The zero-order valence-electron chi connectivity index (χ0n) is 21.1. The largest absolute Gasteiger partial charge is 0.467 e. The van der Waals surface area contributed by atoms with Gasteiger partial charge < -0.3 is 13.6 Å². The third-order valence-corrected chi connectivity index (χ3v) is 7.34. The lowest BCUT2D eigenvalue weighted by Crippen LogP contribution is -2.44. The number of ether oxygens (including phenoxy) is 1. The van der Waals surface area contributed by atoms with Crippen molar-refractivity contribution in [1.82, 2.24) is 9.91 Å². The van der Waals surface area contributed by atoms with Crippen molar-refractivity contribution in [2.45, 2.75) is 38.3 Å². The van der Waals surface area contributed by atoms with E-state index < -0.39 is 42.4 Å². The molecule has 198 valence electrons. The number of nitrogens with zero attached hydrogens (tertiary/aromatic N) is 3. The first-order valence-corrected chi connectivity index (χ1v) is 12.8. The predicted octanol–water partition coefficient (Wildman–Crippen LogP) is 4.22. The molecule has 0 radical (unpaired) electrons. The van der Waals surface area contributed by atoms with Crippen LogP contribution in [0.1, 0.15) is 64.5 Å². The van der Waals surface area contributed by atoms with Crippen molar-refractivity contribution in [1.29, 1.82) is 0 Å². The number of furan rings is 2. The number of fused-ring (bicyclic) bond motifs is 2. The second-order valence-electron chi connectivity index (χ2n) is 9.68. The van der Waals surface area contributed by atoms with Crippen molar-refractivity contribution in [3.8, 4) is 0 Å². The van der Waals surface area contributed by atoms with Crippen LogP contribution in [0.15, 0.2) is 80.6 Å². The quantitative estimate of drug-likeness (QED) is 0.347. The molecule has 3 amide bonds. The summed E-state index contributed by atoms with van der Waals surface area (Å²) in [6.45, 7) is 0.792. The van der Waals surface area contributed by atoms with Crippen LogP contribution in [-0.2, 0) is 14.3 Å². The maximum Gasteiger partial charge on any atom is 0.329 e. The highest BCUT2D eigenvalue weighted by atomic mass is 16.5. The molecule has 2 aliphatic heterocycles. The second-order valence-corrected chi connectivity index (χ2v) is 9.68. The maximum absolute atomic E-state index is 13.4. The van der Waals surface area contributed by atoms with Crippen LogP contribution < -0.4 is 0 Å². The minimum absolute atomic E-state index is 0.0944. The Hall–Kier alpha value is -4.73. The van der Waals surface area contributed by atoms with E-state index in [1.807, 2.05) is 18.2 Å². The Morgan fingerprint density at radius 2 is 1.77 bits per heavy atom. The summed E-state index contributed by atoms with van der Waals surface area (Å²) in [5.74, 6) is -1.37. The third kappa shape index (κ3) is 4.27. The van der Waals surface area contributed by atoms with Gasteiger partial charge in [0, 0.05) is 5.92 Å². The molecule has 0 bridgehead atoms. The number of esters is 1. The number of hydrogen-bond donors (Lipinski definition) is 0.